The molecule has 0 saturated carbocycles. The molecule has 2 N–H and O–H groups in total. The van der Waals surface area contributed by atoms with Crippen molar-refractivity contribution >= 4 is 28.2 Å². The highest BCUT2D eigenvalue weighted by Gasteiger charge is 2.26. The monoisotopic (exact) mass is 395 g/mol. The predicted molar refractivity (Wildman–Crippen MR) is 102 cm³/mol. The molecule has 0 spiro atoms. The Hall–Kier alpha value is -3.47. The number of rotatable bonds is 4. The highest BCUT2D eigenvalue weighted by Crippen LogP contribution is 2.39. The zero-order chi connectivity index (χ0) is 18.9. The summed E-state index contributed by atoms with van der Waals surface area (Å²) in [5, 5.41) is 11.0. The van der Waals surface area contributed by atoms with Crippen molar-refractivity contribution in [1.29, 1.82) is 0 Å². The molecule has 0 amide bonds. The van der Waals surface area contributed by atoms with Gasteiger partial charge in [-0.15, -0.1) is 11.3 Å². The lowest BCUT2D eigenvalue weighted by molar-refractivity contribution is 0.614. The van der Waals surface area contributed by atoms with Crippen molar-refractivity contribution in [2.75, 3.05) is 16.8 Å². The Bertz CT molecular complexity index is 1090. The number of fused-ring (bicyclic) bond motifs is 3. The number of hydrogen-bond donors (Lipinski definition) is 2. The van der Waals surface area contributed by atoms with Crippen LogP contribution in [-0.4, -0.2) is 41.7 Å². The lowest BCUT2D eigenvalue weighted by Crippen LogP contribution is -2.26. The molecule has 28 heavy (non-hydrogen) atoms. The van der Waals surface area contributed by atoms with E-state index in [2.05, 4.69) is 40.3 Å². The summed E-state index contributed by atoms with van der Waals surface area (Å²) in [4.78, 5) is 24.5. The molecular weight excluding hydrogens is 381 g/mol. The average molecular weight is 395 g/mol. The number of anilines is 3. The van der Waals surface area contributed by atoms with Crippen LogP contribution in [-0.2, 0) is 13.0 Å². The molecule has 1 aliphatic heterocycles. The summed E-state index contributed by atoms with van der Waals surface area (Å²) in [6, 6.07) is 1.80. The molecule has 0 atom stereocenters. The molecule has 0 fully saturated rings. The van der Waals surface area contributed by atoms with Gasteiger partial charge in [0.15, 0.2) is 10.9 Å². The SMILES string of the molecule is Fc1cnc(Nc2nc3c(s2)CCN(Cc2ncccn2)c2[nH]ncc2-3)nc1. The third-order valence-electron chi connectivity index (χ3n) is 4.29. The van der Waals surface area contributed by atoms with Gasteiger partial charge in [0.05, 0.1) is 36.4 Å². The van der Waals surface area contributed by atoms with Gasteiger partial charge >= 0.3 is 0 Å². The zero-order valence-corrected chi connectivity index (χ0v) is 15.3. The summed E-state index contributed by atoms with van der Waals surface area (Å²) in [5.74, 6) is 1.46. The summed E-state index contributed by atoms with van der Waals surface area (Å²) >= 11 is 1.53. The number of aromatic amines is 1. The van der Waals surface area contributed by atoms with E-state index in [0.717, 1.165) is 53.1 Å². The van der Waals surface area contributed by atoms with E-state index in [-0.39, 0.29) is 0 Å². The standard InChI is InChI=1S/C17H14FN9S/c18-10-6-21-16(22-7-10)25-17-24-14-11-8-23-26-15(11)27(5-2-12(14)28-17)9-13-19-3-1-4-20-13/h1,3-4,6-8H,2,5,9H2,(H,23,26)(H,21,22,24,25). The van der Waals surface area contributed by atoms with Crippen LogP contribution in [0, 0.1) is 5.82 Å². The van der Waals surface area contributed by atoms with E-state index in [1.165, 1.54) is 11.3 Å². The highest BCUT2D eigenvalue weighted by molar-refractivity contribution is 7.16. The molecular formula is C17H14FN9S. The minimum atomic E-state index is -0.481. The lowest BCUT2D eigenvalue weighted by atomic mass is 10.2. The first kappa shape index (κ1) is 16.7. The van der Waals surface area contributed by atoms with Crippen LogP contribution >= 0.6 is 11.3 Å². The van der Waals surface area contributed by atoms with E-state index in [1.54, 1.807) is 24.7 Å². The van der Waals surface area contributed by atoms with Crippen molar-refractivity contribution in [3.8, 4) is 11.3 Å². The van der Waals surface area contributed by atoms with Crippen molar-refractivity contribution in [2.45, 2.75) is 13.0 Å². The second-order valence-corrected chi connectivity index (χ2v) is 7.19. The second-order valence-electron chi connectivity index (χ2n) is 6.11. The molecule has 5 rings (SSSR count). The summed E-state index contributed by atoms with van der Waals surface area (Å²) in [6.07, 6.45) is 8.30. The molecule has 0 saturated heterocycles. The Morgan fingerprint density at radius 2 is 1.96 bits per heavy atom. The molecule has 4 aromatic heterocycles. The lowest BCUT2D eigenvalue weighted by Gasteiger charge is -2.21. The minimum absolute atomic E-state index is 0.306. The van der Waals surface area contributed by atoms with Crippen molar-refractivity contribution in [3.05, 3.63) is 53.6 Å². The Kier molecular flexibility index (Phi) is 4.13. The minimum Gasteiger partial charge on any atom is -0.349 e. The van der Waals surface area contributed by atoms with E-state index >= 15 is 0 Å². The maximum Gasteiger partial charge on any atom is 0.229 e. The van der Waals surface area contributed by atoms with Crippen LogP contribution in [0.2, 0.25) is 0 Å². The van der Waals surface area contributed by atoms with E-state index in [1.807, 2.05) is 0 Å². The normalized spacial score (nSPS) is 13.0. The summed E-state index contributed by atoms with van der Waals surface area (Å²) < 4.78 is 13.0. The van der Waals surface area contributed by atoms with Crippen molar-refractivity contribution in [2.24, 2.45) is 0 Å². The van der Waals surface area contributed by atoms with Crippen LogP contribution in [0.25, 0.3) is 11.3 Å². The van der Waals surface area contributed by atoms with Gasteiger partial charge in [-0.3, -0.25) is 5.10 Å². The Morgan fingerprint density at radius 1 is 1.14 bits per heavy atom. The average Bonchev–Trinajstić information content (AvgIpc) is 3.32. The van der Waals surface area contributed by atoms with E-state index in [0.29, 0.717) is 17.6 Å². The molecule has 0 aliphatic carbocycles. The van der Waals surface area contributed by atoms with E-state index in [4.69, 9.17) is 4.98 Å². The van der Waals surface area contributed by atoms with Gasteiger partial charge in [0.25, 0.3) is 0 Å². The topological polar surface area (TPSA) is 108 Å². The van der Waals surface area contributed by atoms with Gasteiger partial charge in [-0.25, -0.2) is 29.3 Å². The first-order valence-corrected chi connectivity index (χ1v) is 9.37. The molecule has 0 bridgehead atoms. The van der Waals surface area contributed by atoms with Gasteiger partial charge in [-0.1, -0.05) is 0 Å². The molecule has 0 aromatic carbocycles. The number of H-pyrrole nitrogens is 1. The first-order valence-electron chi connectivity index (χ1n) is 8.55. The Labute approximate surface area is 162 Å². The number of aromatic nitrogens is 7. The van der Waals surface area contributed by atoms with Gasteiger partial charge in [0, 0.05) is 30.2 Å². The van der Waals surface area contributed by atoms with Crippen molar-refractivity contribution in [1.82, 2.24) is 35.1 Å². The fourth-order valence-corrected chi connectivity index (χ4v) is 4.00. The zero-order valence-electron chi connectivity index (χ0n) is 14.5. The molecule has 4 aromatic rings. The van der Waals surface area contributed by atoms with Gasteiger partial charge in [-0.2, -0.15) is 5.10 Å². The van der Waals surface area contributed by atoms with Crippen molar-refractivity contribution < 1.29 is 4.39 Å². The van der Waals surface area contributed by atoms with E-state index in [9.17, 15) is 4.39 Å². The smallest absolute Gasteiger partial charge is 0.229 e. The maximum absolute atomic E-state index is 13.0. The third kappa shape index (κ3) is 3.16. The second kappa shape index (κ2) is 6.93. The fraction of sp³-hybridized carbons (Fsp3) is 0.176. The molecule has 140 valence electrons. The molecule has 11 heteroatoms. The molecule has 9 nitrogen and oxygen atoms in total. The van der Waals surface area contributed by atoms with Crippen LogP contribution in [0.5, 0.6) is 0 Å². The number of thiazole rings is 1. The number of halogens is 1. The number of hydrogen-bond acceptors (Lipinski definition) is 9. The summed E-state index contributed by atoms with van der Waals surface area (Å²) in [7, 11) is 0. The maximum atomic E-state index is 13.0. The van der Waals surface area contributed by atoms with Gasteiger partial charge < -0.3 is 10.2 Å². The van der Waals surface area contributed by atoms with Crippen molar-refractivity contribution in [3.63, 3.8) is 0 Å². The molecule has 5 heterocycles. The van der Waals surface area contributed by atoms with Crippen LogP contribution in [0.3, 0.4) is 0 Å². The van der Waals surface area contributed by atoms with Gasteiger partial charge in [0.1, 0.15) is 11.6 Å². The van der Waals surface area contributed by atoms with Gasteiger partial charge in [-0.05, 0) is 6.07 Å². The Balaban J connectivity index is 1.44. The van der Waals surface area contributed by atoms with Crippen LogP contribution in [0.4, 0.5) is 21.3 Å². The third-order valence-corrected chi connectivity index (χ3v) is 5.32. The first-order chi connectivity index (χ1) is 13.8. The van der Waals surface area contributed by atoms with Crippen LogP contribution in [0.1, 0.15) is 10.7 Å². The largest absolute Gasteiger partial charge is 0.349 e. The molecule has 0 radical (unpaired) electrons. The summed E-state index contributed by atoms with van der Waals surface area (Å²) in [6.45, 7) is 1.36. The predicted octanol–water partition coefficient (Wildman–Crippen LogP) is 2.56. The van der Waals surface area contributed by atoms with E-state index < -0.39 is 5.82 Å². The fourth-order valence-electron chi connectivity index (χ4n) is 3.04. The van der Waals surface area contributed by atoms with Gasteiger partial charge in [0.2, 0.25) is 5.95 Å². The summed E-state index contributed by atoms with van der Waals surface area (Å²) in [5.41, 5.74) is 1.79. The Morgan fingerprint density at radius 3 is 2.79 bits per heavy atom. The molecule has 0 unspecified atom stereocenters. The van der Waals surface area contributed by atoms with Crippen LogP contribution < -0.4 is 10.2 Å². The number of nitrogens with one attached hydrogen (secondary N) is 2. The van der Waals surface area contributed by atoms with Crippen LogP contribution in [0.15, 0.2) is 37.1 Å². The quantitative estimate of drug-likeness (QED) is 0.543. The molecule has 1 aliphatic rings. The number of nitrogens with zero attached hydrogens (tertiary/aromatic N) is 7. The highest BCUT2D eigenvalue weighted by atomic mass is 32.1.